The van der Waals surface area contributed by atoms with E-state index in [9.17, 15) is 4.57 Å². The van der Waals surface area contributed by atoms with E-state index in [1.807, 2.05) is 0 Å². The molecule has 0 unspecified atom stereocenters. The third-order valence-corrected chi connectivity index (χ3v) is 0. The monoisotopic (exact) mass is 172 g/mol. The summed E-state index contributed by atoms with van der Waals surface area (Å²) in [5.74, 6) is 0. The molecule has 6 heavy (non-hydrogen) atoms. The van der Waals surface area contributed by atoms with Gasteiger partial charge in [-0.05, 0) is 33.7 Å². The lowest BCUT2D eigenvalue weighted by molar-refractivity contribution is 0.600. The maximum absolute atomic E-state index is 9.51. The van der Waals surface area contributed by atoms with Gasteiger partial charge < -0.3 is 0 Å². The van der Waals surface area contributed by atoms with Crippen LogP contribution in [0.3, 0.4) is 0 Å². The van der Waals surface area contributed by atoms with Crippen molar-refractivity contribution in [3.63, 3.8) is 0 Å². The molecule has 0 aromatic carbocycles. The van der Waals surface area contributed by atoms with Gasteiger partial charge in [0.15, 0.2) is 0 Å². The molecule has 6 heteroatoms. The van der Waals surface area contributed by atoms with Crippen molar-refractivity contribution < 1.29 is 9.27 Å². The molecule has 0 aliphatic carbocycles. The lowest BCUT2D eigenvalue weighted by Crippen LogP contribution is -1.19. The highest BCUT2D eigenvalue weighted by atomic mass is 36.0. The van der Waals surface area contributed by atoms with Crippen LogP contribution in [0, 0.1) is 0 Å². The lowest BCUT2D eigenvalue weighted by Gasteiger charge is -1.74. The Bertz CT molecular complexity index is 56.9. The molecule has 0 aliphatic rings. The van der Waals surface area contributed by atoms with Crippen molar-refractivity contribution in [2.45, 2.75) is 0 Å². The van der Waals surface area contributed by atoms with Crippen LogP contribution in [-0.4, -0.2) is 0 Å². The highest BCUT2D eigenvalue weighted by Crippen LogP contribution is 2.61. The van der Waals surface area contributed by atoms with Gasteiger partial charge in [0, 0.05) is 0 Å². The molecule has 0 aromatic heterocycles. The fourth-order valence-electron chi connectivity index (χ4n) is 0. The zero-order chi connectivity index (χ0) is 4.50. The van der Waals surface area contributed by atoms with E-state index in [0.717, 1.165) is 0 Å². The molecule has 0 fully saturated rings. The van der Waals surface area contributed by atoms with E-state index >= 15 is 0 Å². The molecule has 40 valence electrons. The Morgan fingerprint density at radius 2 is 1.17 bits per heavy atom. The average Bonchev–Trinajstić information content (AvgIpc) is 0.722. The SMILES string of the molecule is F.O=P(Cl)(Cl)Cl. The molecule has 0 spiro atoms. The summed E-state index contributed by atoms with van der Waals surface area (Å²) >= 11 is 13.8. The summed E-state index contributed by atoms with van der Waals surface area (Å²) in [6.45, 7) is 0. The first-order valence-corrected chi connectivity index (χ1v) is 5.11. The van der Waals surface area contributed by atoms with Crippen LogP contribution in [0.2, 0.25) is 0 Å². The van der Waals surface area contributed by atoms with Crippen molar-refractivity contribution in [3.05, 3.63) is 0 Å². The lowest BCUT2D eigenvalue weighted by atomic mass is 16.0. The Hall–Kier alpha value is 1.03. The molecule has 0 radical (unpaired) electrons. The van der Waals surface area contributed by atoms with Crippen LogP contribution >= 0.6 is 38.9 Å². The third-order valence-electron chi connectivity index (χ3n) is 0. The smallest absolute Gasteiger partial charge is 0.271 e. The topological polar surface area (TPSA) is 17.1 Å². The number of halogens is 4. The van der Waals surface area contributed by atoms with Crippen molar-refractivity contribution >= 4 is 38.9 Å². The van der Waals surface area contributed by atoms with Crippen molar-refractivity contribution in [3.8, 4) is 0 Å². The Kier molecular flexibility index (Phi) is 5.20. The maximum atomic E-state index is 9.51. The molecule has 0 heterocycles. The van der Waals surface area contributed by atoms with Gasteiger partial charge in [-0.2, -0.15) is 0 Å². The van der Waals surface area contributed by atoms with E-state index in [2.05, 4.69) is 33.7 Å². The van der Waals surface area contributed by atoms with Gasteiger partial charge in [0.25, 0.3) is 0 Å². The van der Waals surface area contributed by atoms with Gasteiger partial charge in [-0.15, -0.1) is 0 Å². The fourth-order valence-corrected chi connectivity index (χ4v) is 0. The van der Waals surface area contributed by atoms with Crippen LogP contribution in [0.25, 0.3) is 0 Å². The van der Waals surface area contributed by atoms with Gasteiger partial charge in [0.2, 0.25) is 0 Å². The second kappa shape index (κ2) is 3.09. The molecule has 0 saturated carbocycles. The molecule has 0 rings (SSSR count). The summed E-state index contributed by atoms with van der Waals surface area (Å²) in [5.41, 5.74) is 0. The first-order chi connectivity index (χ1) is 2.00. The van der Waals surface area contributed by atoms with Crippen LogP contribution in [0.1, 0.15) is 0 Å². The Morgan fingerprint density at radius 1 is 1.17 bits per heavy atom. The summed E-state index contributed by atoms with van der Waals surface area (Å²) in [5, 5.41) is -3.22. The van der Waals surface area contributed by atoms with E-state index in [-0.39, 0.29) is 4.70 Å². The van der Waals surface area contributed by atoms with Gasteiger partial charge in [-0.3, -0.25) is 9.27 Å². The van der Waals surface area contributed by atoms with Crippen LogP contribution < -0.4 is 0 Å². The van der Waals surface area contributed by atoms with E-state index < -0.39 is 5.20 Å². The molecule has 0 aliphatic heterocycles. The summed E-state index contributed by atoms with van der Waals surface area (Å²) in [6, 6.07) is 0. The zero-order valence-corrected chi connectivity index (χ0v) is 5.56. The van der Waals surface area contributed by atoms with E-state index in [1.165, 1.54) is 0 Å². The Balaban J connectivity index is 0. The first-order valence-electron chi connectivity index (χ1n) is 0.690. The van der Waals surface area contributed by atoms with Crippen LogP contribution in [0.4, 0.5) is 4.70 Å². The normalized spacial score (nSPS) is 9.83. The van der Waals surface area contributed by atoms with Gasteiger partial charge in [-0.25, -0.2) is 0 Å². The van der Waals surface area contributed by atoms with Crippen molar-refractivity contribution in [1.82, 2.24) is 0 Å². The molecule has 0 atom stereocenters. The minimum atomic E-state index is -3.22. The summed E-state index contributed by atoms with van der Waals surface area (Å²) < 4.78 is 9.51. The van der Waals surface area contributed by atoms with Gasteiger partial charge in [-0.1, -0.05) is 0 Å². The van der Waals surface area contributed by atoms with Gasteiger partial charge >= 0.3 is 5.20 Å². The summed E-state index contributed by atoms with van der Waals surface area (Å²) in [4.78, 5) is 0. The third kappa shape index (κ3) is 77.0. The van der Waals surface area contributed by atoms with E-state index in [1.54, 1.807) is 0 Å². The molecule has 0 N–H and O–H groups in total. The molecule has 1 nitrogen and oxygen atoms in total. The minimum absolute atomic E-state index is 0. The predicted octanol–water partition coefficient (Wildman–Crippen LogP) is 2.96. The summed E-state index contributed by atoms with van der Waals surface area (Å²) in [7, 11) is 0. The number of rotatable bonds is 0. The fraction of sp³-hybridized carbons (Fsp3) is 0. The largest absolute Gasteiger partial charge is 0.339 e. The van der Waals surface area contributed by atoms with Crippen LogP contribution in [0.15, 0.2) is 0 Å². The molecular formula is HCl3FOP. The minimum Gasteiger partial charge on any atom is -0.271 e. The Morgan fingerprint density at radius 3 is 1.17 bits per heavy atom. The highest BCUT2D eigenvalue weighted by molar-refractivity contribution is 8.24. The average molecular weight is 173 g/mol. The van der Waals surface area contributed by atoms with Gasteiger partial charge in [0.1, 0.15) is 0 Å². The number of hydrogen-bond acceptors (Lipinski definition) is 1. The first kappa shape index (κ1) is 10.1. The Labute approximate surface area is 48.7 Å². The standard InChI is InChI=1S/Cl3OP.FH/c1-5(2,3)4;/h;1H. The van der Waals surface area contributed by atoms with Crippen LogP contribution in [-0.2, 0) is 4.57 Å². The van der Waals surface area contributed by atoms with Crippen molar-refractivity contribution in [2.24, 2.45) is 0 Å². The zero-order valence-electron chi connectivity index (χ0n) is 2.40. The number of hydrogen-bond donors (Lipinski definition) is 0. The maximum Gasteiger partial charge on any atom is 0.339 e. The molecule has 0 aromatic rings. The van der Waals surface area contributed by atoms with E-state index in [0.29, 0.717) is 0 Å². The second-order valence-corrected chi connectivity index (χ2v) is 7.04. The summed E-state index contributed by atoms with van der Waals surface area (Å²) in [6.07, 6.45) is 0. The van der Waals surface area contributed by atoms with Gasteiger partial charge in [0.05, 0.1) is 0 Å². The molecular weight excluding hydrogens is 172 g/mol. The van der Waals surface area contributed by atoms with Crippen molar-refractivity contribution in [1.29, 1.82) is 0 Å². The van der Waals surface area contributed by atoms with E-state index in [4.69, 9.17) is 0 Å². The molecule has 0 amide bonds. The molecule has 0 bridgehead atoms. The molecule has 0 saturated heterocycles. The second-order valence-electron chi connectivity index (χ2n) is 0.399. The highest BCUT2D eigenvalue weighted by Gasteiger charge is 2.02. The van der Waals surface area contributed by atoms with Crippen molar-refractivity contribution in [2.75, 3.05) is 0 Å². The van der Waals surface area contributed by atoms with Crippen LogP contribution in [0.5, 0.6) is 0 Å². The predicted molar refractivity (Wildman–Crippen MR) is 27.7 cm³/mol. The quantitative estimate of drug-likeness (QED) is 0.515.